The molecule has 1 aliphatic rings. The molecule has 0 aromatic carbocycles. The Balaban J connectivity index is 2.81. The number of carbonyl (C=O) groups is 2. The van der Waals surface area contributed by atoms with Gasteiger partial charge in [0.15, 0.2) is 0 Å². The average molecular weight is 241 g/mol. The standard InChI is InChI=1S/C13H23NO3/c1-3-5-7-11(15)14-10-6-9-13(14,8-4-2)12(16)17/h3-10H2,1-2H3,(H,16,17). The number of aliphatic carboxylic acids is 1. The van der Waals surface area contributed by atoms with Crippen molar-refractivity contribution in [3.05, 3.63) is 0 Å². The minimum absolute atomic E-state index is 0.0141. The zero-order chi connectivity index (χ0) is 12.9. The number of hydrogen-bond donors (Lipinski definition) is 1. The summed E-state index contributed by atoms with van der Waals surface area (Å²) in [6.07, 6.45) is 5.07. The third-order valence-corrected chi connectivity index (χ3v) is 3.60. The van der Waals surface area contributed by atoms with Gasteiger partial charge in [0.25, 0.3) is 0 Å². The molecule has 1 atom stereocenters. The Bertz CT molecular complexity index is 290. The number of unbranched alkanes of at least 4 members (excludes halogenated alkanes) is 1. The van der Waals surface area contributed by atoms with E-state index in [1.807, 2.05) is 13.8 Å². The monoisotopic (exact) mass is 241 g/mol. The third kappa shape index (κ3) is 2.79. The quantitative estimate of drug-likeness (QED) is 0.777. The summed E-state index contributed by atoms with van der Waals surface area (Å²) in [6, 6.07) is 0. The second kappa shape index (κ2) is 6.03. The lowest BCUT2D eigenvalue weighted by Crippen LogP contribution is -2.53. The highest BCUT2D eigenvalue weighted by Crippen LogP contribution is 2.34. The zero-order valence-corrected chi connectivity index (χ0v) is 10.9. The molecule has 1 aliphatic heterocycles. The van der Waals surface area contributed by atoms with Gasteiger partial charge < -0.3 is 10.0 Å². The van der Waals surface area contributed by atoms with Crippen LogP contribution in [0.3, 0.4) is 0 Å². The lowest BCUT2D eigenvalue weighted by molar-refractivity contribution is -0.157. The fourth-order valence-corrected chi connectivity index (χ4v) is 2.71. The molecule has 1 unspecified atom stereocenters. The molecule has 17 heavy (non-hydrogen) atoms. The van der Waals surface area contributed by atoms with E-state index in [4.69, 9.17) is 0 Å². The fraction of sp³-hybridized carbons (Fsp3) is 0.846. The van der Waals surface area contributed by atoms with Crippen LogP contribution in [0.25, 0.3) is 0 Å². The van der Waals surface area contributed by atoms with E-state index < -0.39 is 11.5 Å². The molecular formula is C13H23NO3. The topological polar surface area (TPSA) is 57.6 Å². The first-order chi connectivity index (χ1) is 8.08. The molecule has 1 rings (SSSR count). The molecule has 0 spiro atoms. The first-order valence-electron chi connectivity index (χ1n) is 6.62. The van der Waals surface area contributed by atoms with Crippen LogP contribution in [-0.2, 0) is 9.59 Å². The van der Waals surface area contributed by atoms with Crippen LogP contribution in [0.2, 0.25) is 0 Å². The molecule has 1 N–H and O–H groups in total. The van der Waals surface area contributed by atoms with Gasteiger partial charge in [0, 0.05) is 13.0 Å². The van der Waals surface area contributed by atoms with Crippen LogP contribution in [0, 0.1) is 0 Å². The van der Waals surface area contributed by atoms with Gasteiger partial charge in [-0.15, -0.1) is 0 Å². The average Bonchev–Trinajstić information content (AvgIpc) is 2.71. The van der Waals surface area contributed by atoms with Gasteiger partial charge >= 0.3 is 5.97 Å². The van der Waals surface area contributed by atoms with Crippen LogP contribution >= 0.6 is 0 Å². The maximum absolute atomic E-state index is 12.1. The predicted molar refractivity (Wildman–Crippen MR) is 65.7 cm³/mol. The summed E-state index contributed by atoms with van der Waals surface area (Å²) in [6.45, 7) is 4.61. The number of amides is 1. The minimum Gasteiger partial charge on any atom is -0.479 e. The number of nitrogens with zero attached hydrogens (tertiary/aromatic N) is 1. The van der Waals surface area contributed by atoms with E-state index in [9.17, 15) is 14.7 Å². The number of hydrogen-bond acceptors (Lipinski definition) is 2. The summed E-state index contributed by atoms with van der Waals surface area (Å²) in [5.74, 6) is -0.818. The summed E-state index contributed by atoms with van der Waals surface area (Å²) in [5.41, 5.74) is -0.917. The van der Waals surface area contributed by atoms with Gasteiger partial charge in [-0.2, -0.15) is 0 Å². The lowest BCUT2D eigenvalue weighted by atomic mass is 9.90. The van der Waals surface area contributed by atoms with Gasteiger partial charge in [-0.05, 0) is 25.7 Å². The van der Waals surface area contributed by atoms with E-state index in [1.165, 1.54) is 0 Å². The Morgan fingerprint density at radius 2 is 2.00 bits per heavy atom. The Kier molecular flexibility index (Phi) is 4.97. The number of likely N-dealkylation sites (tertiary alicyclic amines) is 1. The van der Waals surface area contributed by atoms with Crippen molar-refractivity contribution in [3.63, 3.8) is 0 Å². The molecule has 1 amide bonds. The van der Waals surface area contributed by atoms with Crippen molar-refractivity contribution < 1.29 is 14.7 Å². The van der Waals surface area contributed by atoms with Crippen molar-refractivity contribution in [1.82, 2.24) is 4.90 Å². The van der Waals surface area contributed by atoms with Gasteiger partial charge in [-0.3, -0.25) is 4.79 Å². The second-order valence-corrected chi connectivity index (χ2v) is 4.84. The number of rotatable bonds is 6. The Hall–Kier alpha value is -1.06. The SMILES string of the molecule is CCCCC(=O)N1CCCC1(CCC)C(=O)O. The van der Waals surface area contributed by atoms with Crippen molar-refractivity contribution >= 4 is 11.9 Å². The number of carboxylic acids is 1. The van der Waals surface area contributed by atoms with Gasteiger partial charge in [-0.25, -0.2) is 4.79 Å². The summed E-state index contributed by atoms with van der Waals surface area (Å²) in [5, 5.41) is 9.45. The van der Waals surface area contributed by atoms with Gasteiger partial charge in [0.05, 0.1) is 0 Å². The highest BCUT2D eigenvalue weighted by atomic mass is 16.4. The minimum atomic E-state index is -0.917. The summed E-state index contributed by atoms with van der Waals surface area (Å²) in [4.78, 5) is 25.2. The van der Waals surface area contributed by atoms with Gasteiger partial charge in [-0.1, -0.05) is 26.7 Å². The summed E-state index contributed by atoms with van der Waals surface area (Å²) in [7, 11) is 0. The normalized spacial score (nSPS) is 24.0. The van der Waals surface area contributed by atoms with Crippen molar-refractivity contribution in [3.8, 4) is 0 Å². The van der Waals surface area contributed by atoms with Crippen LogP contribution < -0.4 is 0 Å². The second-order valence-electron chi connectivity index (χ2n) is 4.84. The molecule has 0 aromatic heterocycles. The number of carboxylic acid groups (broad SMARTS) is 1. The molecule has 0 aliphatic carbocycles. The summed E-state index contributed by atoms with van der Waals surface area (Å²) >= 11 is 0. The molecular weight excluding hydrogens is 218 g/mol. The Labute approximate surface area is 103 Å². The molecule has 0 bridgehead atoms. The van der Waals surface area contributed by atoms with Crippen LogP contribution in [-0.4, -0.2) is 34.0 Å². The molecule has 1 saturated heterocycles. The molecule has 0 aromatic rings. The predicted octanol–water partition coefficient (Wildman–Crippen LogP) is 2.42. The molecule has 98 valence electrons. The molecule has 4 heteroatoms. The van der Waals surface area contributed by atoms with Crippen molar-refractivity contribution in [2.45, 2.75) is 64.3 Å². The first-order valence-corrected chi connectivity index (χ1v) is 6.62. The van der Waals surface area contributed by atoms with Crippen molar-refractivity contribution in [1.29, 1.82) is 0 Å². The molecule has 4 nitrogen and oxygen atoms in total. The van der Waals surface area contributed by atoms with E-state index in [1.54, 1.807) is 4.90 Å². The van der Waals surface area contributed by atoms with Crippen molar-refractivity contribution in [2.24, 2.45) is 0 Å². The van der Waals surface area contributed by atoms with Crippen LogP contribution in [0.4, 0.5) is 0 Å². The van der Waals surface area contributed by atoms with Gasteiger partial charge in [0.1, 0.15) is 5.54 Å². The Morgan fingerprint density at radius 3 is 2.53 bits per heavy atom. The highest BCUT2D eigenvalue weighted by Gasteiger charge is 2.48. The van der Waals surface area contributed by atoms with E-state index in [0.717, 1.165) is 25.7 Å². The molecule has 0 saturated carbocycles. The number of carbonyl (C=O) groups excluding carboxylic acids is 1. The maximum Gasteiger partial charge on any atom is 0.329 e. The largest absolute Gasteiger partial charge is 0.479 e. The first kappa shape index (κ1) is 14.0. The van der Waals surface area contributed by atoms with E-state index in [-0.39, 0.29) is 5.91 Å². The van der Waals surface area contributed by atoms with Crippen LogP contribution in [0.5, 0.6) is 0 Å². The lowest BCUT2D eigenvalue weighted by Gasteiger charge is -2.34. The smallest absolute Gasteiger partial charge is 0.329 e. The highest BCUT2D eigenvalue weighted by molar-refractivity contribution is 5.87. The maximum atomic E-state index is 12.1. The van der Waals surface area contributed by atoms with Gasteiger partial charge in [0.2, 0.25) is 5.91 Å². The zero-order valence-electron chi connectivity index (χ0n) is 10.9. The summed E-state index contributed by atoms with van der Waals surface area (Å²) < 4.78 is 0. The molecule has 0 radical (unpaired) electrons. The van der Waals surface area contributed by atoms with E-state index in [2.05, 4.69) is 0 Å². The molecule has 1 heterocycles. The molecule has 1 fully saturated rings. The van der Waals surface area contributed by atoms with Crippen molar-refractivity contribution in [2.75, 3.05) is 6.54 Å². The Morgan fingerprint density at radius 1 is 1.29 bits per heavy atom. The van der Waals surface area contributed by atoms with Crippen LogP contribution in [0.1, 0.15) is 58.8 Å². The van der Waals surface area contributed by atoms with Crippen LogP contribution in [0.15, 0.2) is 0 Å². The third-order valence-electron chi connectivity index (χ3n) is 3.60. The van der Waals surface area contributed by atoms with E-state index in [0.29, 0.717) is 25.8 Å². The van der Waals surface area contributed by atoms with E-state index >= 15 is 0 Å². The fourth-order valence-electron chi connectivity index (χ4n) is 2.71.